The van der Waals surface area contributed by atoms with Gasteiger partial charge in [-0.3, -0.25) is 14.5 Å². The fourth-order valence-electron chi connectivity index (χ4n) is 5.43. The van der Waals surface area contributed by atoms with Crippen LogP contribution in [0.2, 0.25) is 0 Å². The maximum Gasteiger partial charge on any atom is 0.301 e. The highest BCUT2D eigenvalue weighted by Crippen LogP contribution is 2.47. The van der Waals surface area contributed by atoms with Gasteiger partial charge in [-0.05, 0) is 80.3 Å². The minimum atomic E-state index is -1.01. The summed E-state index contributed by atoms with van der Waals surface area (Å²) in [5, 5.41) is 12.0. The Bertz CT molecular complexity index is 1810. The number of hydrogen-bond acceptors (Lipinski definition) is 10. The van der Waals surface area contributed by atoms with E-state index in [-0.39, 0.29) is 11.3 Å². The molecule has 0 aliphatic carbocycles. The number of anilines is 1. The van der Waals surface area contributed by atoms with Crippen molar-refractivity contribution in [2.75, 3.05) is 37.9 Å². The van der Waals surface area contributed by atoms with Gasteiger partial charge in [-0.1, -0.05) is 31.3 Å². The first-order valence-corrected chi connectivity index (χ1v) is 16.2. The van der Waals surface area contributed by atoms with Crippen molar-refractivity contribution in [1.82, 2.24) is 4.98 Å². The van der Waals surface area contributed by atoms with Gasteiger partial charge in [0.15, 0.2) is 28.1 Å². The van der Waals surface area contributed by atoms with Gasteiger partial charge in [0, 0.05) is 5.56 Å². The second-order valence-corrected chi connectivity index (χ2v) is 12.3. The first-order valence-electron chi connectivity index (χ1n) is 15.4. The van der Waals surface area contributed by atoms with E-state index in [4.69, 9.17) is 28.7 Å². The normalized spacial score (nSPS) is 17.2. The van der Waals surface area contributed by atoms with Crippen molar-refractivity contribution >= 4 is 44.1 Å². The fraction of sp³-hybridized carbons (Fsp3) is 0.343. The van der Waals surface area contributed by atoms with Crippen LogP contribution in [0.1, 0.15) is 51.3 Å². The summed E-state index contributed by atoms with van der Waals surface area (Å²) in [4.78, 5) is 33.8. The molecule has 1 atom stereocenters. The molecule has 0 bridgehead atoms. The molecule has 11 heteroatoms. The molecular formula is C35H36N2O8S. The lowest BCUT2D eigenvalue weighted by Crippen LogP contribution is -2.29. The van der Waals surface area contributed by atoms with Gasteiger partial charge in [-0.15, -0.1) is 0 Å². The number of amides is 1. The summed E-state index contributed by atoms with van der Waals surface area (Å²) < 4.78 is 29.8. The van der Waals surface area contributed by atoms with E-state index < -0.39 is 17.7 Å². The zero-order valence-electron chi connectivity index (χ0n) is 26.2. The summed E-state index contributed by atoms with van der Waals surface area (Å²) in [6.45, 7) is 10.2. The molecule has 4 aromatic rings. The maximum absolute atomic E-state index is 13.9. The number of aliphatic hydroxyl groups is 1. The van der Waals surface area contributed by atoms with Crippen LogP contribution in [0, 0.1) is 5.92 Å². The smallest absolute Gasteiger partial charge is 0.301 e. The molecule has 0 unspecified atom stereocenters. The maximum atomic E-state index is 13.9. The number of thiazole rings is 1. The number of hydrogen-bond donors (Lipinski definition) is 1. The number of ether oxygens (including phenoxy) is 5. The van der Waals surface area contributed by atoms with E-state index in [2.05, 4.69) is 13.8 Å². The quantitative estimate of drug-likeness (QED) is 0.106. The van der Waals surface area contributed by atoms with Gasteiger partial charge in [-0.2, -0.15) is 0 Å². The van der Waals surface area contributed by atoms with Crippen molar-refractivity contribution in [2.45, 2.75) is 40.2 Å². The number of aliphatic hydroxyl groups excluding tert-OH is 1. The van der Waals surface area contributed by atoms with Crippen molar-refractivity contribution < 1.29 is 38.4 Å². The van der Waals surface area contributed by atoms with Crippen LogP contribution in [-0.4, -0.2) is 54.8 Å². The topological polar surface area (TPSA) is 117 Å². The molecule has 2 aliphatic rings. The summed E-state index contributed by atoms with van der Waals surface area (Å²) in [5.74, 6) is 1.18. The van der Waals surface area contributed by atoms with Gasteiger partial charge in [-0.25, -0.2) is 4.98 Å². The van der Waals surface area contributed by atoms with Gasteiger partial charge in [0.1, 0.15) is 24.7 Å². The van der Waals surface area contributed by atoms with Crippen LogP contribution in [-0.2, 0) is 9.59 Å². The summed E-state index contributed by atoms with van der Waals surface area (Å²) in [7, 11) is 0. The van der Waals surface area contributed by atoms with E-state index in [0.717, 1.165) is 11.1 Å². The van der Waals surface area contributed by atoms with Crippen molar-refractivity contribution in [3.8, 4) is 28.7 Å². The highest BCUT2D eigenvalue weighted by atomic mass is 32.1. The van der Waals surface area contributed by atoms with Crippen LogP contribution in [0.15, 0.2) is 60.2 Å². The molecule has 0 spiro atoms. The molecule has 46 heavy (non-hydrogen) atoms. The Labute approximate surface area is 271 Å². The average Bonchev–Trinajstić information content (AvgIpc) is 3.58. The minimum absolute atomic E-state index is 0.0770. The molecule has 3 heterocycles. The largest absolute Gasteiger partial charge is 0.507 e. The first-order chi connectivity index (χ1) is 22.3. The lowest BCUT2D eigenvalue weighted by atomic mass is 9.95. The highest BCUT2D eigenvalue weighted by molar-refractivity contribution is 7.22. The molecule has 6 rings (SSSR count). The second-order valence-electron chi connectivity index (χ2n) is 11.3. The van der Waals surface area contributed by atoms with Crippen LogP contribution in [0.3, 0.4) is 0 Å². The number of carbonyl (C=O) groups excluding carboxylic acids is 2. The molecular weight excluding hydrogens is 608 g/mol. The monoisotopic (exact) mass is 644 g/mol. The van der Waals surface area contributed by atoms with Crippen molar-refractivity contribution in [1.29, 1.82) is 0 Å². The fourth-order valence-corrected chi connectivity index (χ4v) is 6.45. The molecule has 1 saturated heterocycles. The van der Waals surface area contributed by atoms with E-state index in [0.29, 0.717) is 89.5 Å². The summed E-state index contributed by atoms with van der Waals surface area (Å²) >= 11 is 1.26. The zero-order chi connectivity index (χ0) is 32.4. The van der Waals surface area contributed by atoms with E-state index in [1.165, 1.54) is 16.2 Å². The molecule has 1 aromatic heterocycles. The third-order valence-corrected chi connectivity index (χ3v) is 8.68. The molecule has 1 amide bonds. The number of carbonyl (C=O) groups is 2. The molecule has 240 valence electrons. The van der Waals surface area contributed by atoms with E-state index >= 15 is 0 Å². The zero-order valence-corrected chi connectivity index (χ0v) is 27.0. The van der Waals surface area contributed by atoms with Crippen LogP contribution in [0.4, 0.5) is 5.13 Å². The van der Waals surface area contributed by atoms with Crippen LogP contribution in [0.25, 0.3) is 16.0 Å². The predicted octanol–water partition coefficient (Wildman–Crippen LogP) is 6.92. The molecule has 3 aromatic carbocycles. The Morgan fingerprint density at radius 1 is 0.957 bits per heavy atom. The Balaban J connectivity index is 1.49. The van der Waals surface area contributed by atoms with Crippen LogP contribution < -0.4 is 28.6 Å². The Hall–Kier alpha value is -4.77. The van der Waals surface area contributed by atoms with Crippen molar-refractivity contribution in [3.05, 3.63) is 71.3 Å². The lowest BCUT2D eigenvalue weighted by molar-refractivity contribution is -0.132. The van der Waals surface area contributed by atoms with Crippen molar-refractivity contribution in [2.24, 2.45) is 5.92 Å². The van der Waals surface area contributed by atoms with Gasteiger partial charge >= 0.3 is 5.91 Å². The number of benzene rings is 3. The van der Waals surface area contributed by atoms with Gasteiger partial charge < -0.3 is 28.8 Å². The number of fused-ring (bicyclic) bond motifs is 2. The predicted molar refractivity (Wildman–Crippen MR) is 176 cm³/mol. The molecule has 1 fully saturated rings. The third-order valence-electron chi connectivity index (χ3n) is 7.66. The number of aromatic nitrogens is 1. The lowest BCUT2D eigenvalue weighted by Gasteiger charge is -2.24. The van der Waals surface area contributed by atoms with Crippen LogP contribution >= 0.6 is 11.3 Å². The summed E-state index contributed by atoms with van der Waals surface area (Å²) in [5.41, 5.74) is 1.44. The number of ketones is 1. The number of rotatable bonds is 11. The van der Waals surface area contributed by atoms with Gasteiger partial charge in [0.25, 0.3) is 5.78 Å². The van der Waals surface area contributed by atoms with E-state index in [1.807, 2.05) is 32.0 Å². The Morgan fingerprint density at radius 2 is 1.74 bits per heavy atom. The third kappa shape index (κ3) is 6.06. The first kappa shape index (κ1) is 31.2. The average molecular weight is 645 g/mol. The number of nitrogens with zero attached hydrogens (tertiary/aromatic N) is 2. The Kier molecular flexibility index (Phi) is 9.03. The molecule has 1 N–H and O–H groups in total. The highest BCUT2D eigenvalue weighted by Gasteiger charge is 2.48. The minimum Gasteiger partial charge on any atom is -0.507 e. The van der Waals surface area contributed by atoms with E-state index in [1.54, 1.807) is 36.4 Å². The summed E-state index contributed by atoms with van der Waals surface area (Å²) in [6.07, 6.45) is 0.867. The van der Waals surface area contributed by atoms with Crippen molar-refractivity contribution in [3.63, 3.8) is 0 Å². The number of Topliss-reactive ketones (excluding diaryl/α,β-unsaturated/α-hetero) is 1. The van der Waals surface area contributed by atoms with E-state index in [9.17, 15) is 14.7 Å². The van der Waals surface area contributed by atoms with Crippen LogP contribution in [0.5, 0.6) is 28.7 Å². The molecule has 10 nitrogen and oxygen atoms in total. The molecule has 0 saturated carbocycles. The SMILES string of the molecule is CCOc1ccc2nc(N3C(=O)C(=O)/C(=C(/O)c4ccc5c(c4)OCCO5)[C@@H]3c3ccc(OCCC(C)C)c(OCC)c3)sc2c1. The second kappa shape index (κ2) is 13.3. The van der Waals surface area contributed by atoms with Gasteiger partial charge in [0.2, 0.25) is 0 Å². The molecule has 2 aliphatic heterocycles. The standard InChI is InChI=1S/C35H36N2O8S/c1-5-41-23-9-10-24-29(19-23)46-35(36-24)37-31(21-7-11-25(27(17-21)42-6-2)43-14-13-20(3)4)30(33(39)34(37)40)32(38)22-8-12-26-28(18-22)45-16-15-44-26/h7-12,17-20,31,38H,5-6,13-16H2,1-4H3/b32-30+/t31-/m0/s1. The molecule has 0 radical (unpaired) electrons. The Morgan fingerprint density at radius 3 is 2.50 bits per heavy atom. The van der Waals surface area contributed by atoms with Gasteiger partial charge in [0.05, 0.1) is 41.7 Å². The summed E-state index contributed by atoms with van der Waals surface area (Å²) in [6, 6.07) is 14.7.